The van der Waals surface area contributed by atoms with E-state index in [-0.39, 0.29) is 40.9 Å². The second-order valence-electron chi connectivity index (χ2n) is 13.1. The Balaban J connectivity index is 1.50. The molecule has 1 heterocycles. The number of anilines is 1. The number of nitrogens with zero attached hydrogens (tertiary/aromatic N) is 1. The zero-order valence-corrected chi connectivity index (χ0v) is 23.4. The molecular formula is C30H35Cl2NO4. The molecule has 8 atom stereocenters. The van der Waals surface area contributed by atoms with Crippen LogP contribution >= 0.6 is 23.2 Å². The first-order valence-corrected chi connectivity index (χ1v) is 14.4. The van der Waals surface area contributed by atoms with Crippen molar-refractivity contribution in [3.8, 4) is 0 Å². The number of hydrogen-bond donors (Lipinski definition) is 1. The molecule has 1 saturated heterocycles. The summed E-state index contributed by atoms with van der Waals surface area (Å²) >= 11 is 12.8. The predicted molar refractivity (Wildman–Crippen MR) is 143 cm³/mol. The van der Waals surface area contributed by atoms with Crippen LogP contribution in [0.25, 0.3) is 0 Å². The van der Waals surface area contributed by atoms with Crippen LogP contribution in [0.1, 0.15) is 66.2 Å². The van der Waals surface area contributed by atoms with Gasteiger partial charge in [-0.15, -0.1) is 0 Å². The van der Waals surface area contributed by atoms with Gasteiger partial charge < -0.3 is 5.11 Å². The highest BCUT2D eigenvalue weighted by Gasteiger charge is 2.73. The van der Waals surface area contributed by atoms with Crippen molar-refractivity contribution in [2.24, 2.45) is 51.8 Å². The third-order valence-electron chi connectivity index (χ3n) is 11.3. The molecule has 2 bridgehead atoms. The SMILES string of the molecule is CC(C)C1=CC23CCC4C(C)(C(=O)O)CCCC4(C)C2CC1C1C(=O)N(c2cc(Cl)ccc2Cl)C(=O)C13. The minimum absolute atomic E-state index is 0.0233. The molecule has 1 aromatic carbocycles. The molecule has 1 N–H and O–H groups in total. The number of hydrogen-bond acceptors (Lipinski definition) is 3. The second kappa shape index (κ2) is 8.08. The summed E-state index contributed by atoms with van der Waals surface area (Å²) in [5.74, 6) is -1.43. The van der Waals surface area contributed by atoms with Crippen molar-refractivity contribution < 1.29 is 19.5 Å². The van der Waals surface area contributed by atoms with E-state index in [9.17, 15) is 19.5 Å². The van der Waals surface area contributed by atoms with Crippen LogP contribution in [0, 0.1) is 51.8 Å². The van der Waals surface area contributed by atoms with E-state index < -0.39 is 28.6 Å². The molecule has 1 aliphatic heterocycles. The van der Waals surface area contributed by atoms with Gasteiger partial charge in [-0.25, -0.2) is 4.90 Å². The van der Waals surface area contributed by atoms with E-state index >= 15 is 0 Å². The molecule has 37 heavy (non-hydrogen) atoms. The van der Waals surface area contributed by atoms with Gasteiger partial charge in [-0.2, -0.15) is 0 Å². The van der Waals surface area contributed by atoms with Crippen molar-refractivity contribution in [2.45, 2.75) is 66.2 Å². The summed E-state index contributed by atoms with van der Waals surface area (Å²) in [5.41, 5.74) is 0.249. The summed E-state index contributed by atoms with van der Waals surface area (Å²) < 4.78 is 0. The van der Waals surface area contributed by atoms with E-state index in [1.54, 1.807) is 18.2 Å². The van der Waals surface area contributed by atoms with Gasteiger partial charge in [0.1, 0.15) is 0 Å². The fourth-order valence-electron chi connectivity index (χ4n) is 9.85. The highest BCUT2D eigenvalue weighted by molar-refractivity contribution is 6.37. The Kier molecular flexibility index (Phi) is 5.55. The Hall–Kier alpha value is -1.85. The average Bonchev–Trinajstić information content (AvgIpc) is 3.12. The Morgan fingerprint density at radius 2 is 1.81 bits per heavy atom. The number of aliphatic carboxylic acids is 1. The van der Waals surface area contributed by atoms with E-state index in [0.717, 1.165) is 32.1 Å². The maximum absolute atomic E-state index is 14.3. The van der Waals surface area contributed by atoms with E-state index in [2.05, 4.69) is 26.8 Å². The van der Waals surface area contributed by atoms with Crippen molar-refractivity contribution in [1.29, 1.82) is 0 Å². The molecule has 1 spiro atoms. The van der Waals surface area contributed by atoms with Crippen LogP contribution in [-0.4, -0.2) is 22.9 Å². The molecule has 198 valence electrons. The summed E-state index contributed by atoms with van der Waals surface area (Å²) in [5, 5.41) is 11.1. The molecule has 5 nitrogen and oxygen atoms in total. The maximum Gasteiger partial charge on any atom is 0.309 e. The number of halogens is 2. The van der Waals surface area contributed by atoms with Crippen LogP contribution in [0.3, 0.4) is 0 Å². The molecule has 8 unspecified atom stereocenters. The molecule has 7 heteroatoms. The highest BCUT2D eigenvalue weighted by atomic mass is 35.5. The topological polar surface area (TPSA) is 74.7 Å². The molecule has 2 amide bonds. The molecule has 5 aliphatic carbocycles. The first kappa shape index (κ1) is 25.4. The van der Waals surface area contributed by atoms with Gasteiger partial charge in [-0.1, -0.05) is 62.0 Å². The number of carboxylic acids is 1. The van der Waals surface area contributed by atoms with E-state index in [4.69, 9.17) is 23.2 Å². The van der Waals surface area contributed by atoms with Gasteiger partial charge in [-0.05, 0) is 86.3 Å². The quantitative estimate of drug-likeness (QED) is 0.328. The van der Waals surface area contributed by atoms with Crippen LogP contribution in [0.4, 0.5) is 5.69 Å². The standard InChI is InChI=1S/C30H35Cl2NO4/c1-15(2)18-14-30-11-8-21-28(3,9-5-10-29(21,4)27(36)37)22(30)13-17(18)23-24(30)26(35)33(25(23)34)20-12-16(31)6-7-19(20)32/h6-7,12,14-15,17,21-24H,5,8-11,13H2,1-4H3,(H,36,37). The number of carbonyl (C=O) groups is 3. The minimum Gasteiger partial charge on any atom is -0.481 e. The lowest BCUT2D eigenvalue weighted by Crippen LogP contribution is -2.65. The number of carbonyl (C=O) groups excluding carboxylic acids is 2. The third-order valence-corrected chi connectivity index (χ3v) is 11.9. The Labute approximate surface area is 228 Å². The third kappa shape index (κ3) is 3.13. The second-order valence-corrected chi connectivity index (χ2v) is 13.9. The van der Waals surface area contributed by atoms with Crippen LogP contribution in [-0.2, 0) is 14.4 Å². The summed E-state index contributed by atoms with van der Waals surface area (Å²) in [6, 6.07) is 4.91. The molecule has 4 fully saturated rings. The number of amides is 2. The van der Waals surface area contributed by atoms with Crippen LogP contribution in [0.15, 0.2) is 29.8 Å². The molecule has 0 radical (unpaired) electrons. The van der Waals surface area contributed by atoms with Gasteiger partial charge >= 0.3 is 5.97 Å². The van der Waals surface area contributed by atoms with Crippen LogP contribution in [0.5, 0.6) is 0 Å². The molecule has 1 aromatic rings. The average molecular weight is 545 g/mol. The molecule has 7 rings (SSSR count). The van der Waals surface area contributed by atoms with Gasteiger partial charge in [0.05, 0.1) is 28.0 Å². The number of carboxylic acid groups (broad SMARTS) is 1. The first-order chi connectivity index (χ1) is 17.4. The Bertz CT molecular complexity index is 1260. The molecule has 3 saturated carbocycles. The number of benzene rings is 1. The first-order valence-electron chi connectivity index (χ1n) is 13.7. The van der Waals surface area contributed by atoms with Crippen molar-refractivity contribution in [3.05, 3.63) is 39.9 Å². The summed E-state index contributed by atoms with van der Waals surface area (Å²) in [7, 11) is 0. The van der Waals surface area contributed by atoms with Crippen LogP contribution in [0.2, 0.25) is 10.0 Å². The lowest BCUT2D eigenvalue weighted by molar-refractivity contribution is -0.194. The predicted octanol–water partition coefficient (Wildman–Crippen LogP) is 7.01. The number of allylic oxidation sites excluding steroid dienone is 2. The van der Waals surface area contributed by atoms with Gasteiger partial charge in [0, 0.05) is 10.4 Å². The Morgan fingerprint density at radius 3 is 2.49 bits per heavy atom. The fourth-order valence-corrected chi connectivity index (χ4v) is 10.2. The van der Waals surface area contributed by atoms with Crippen LogP contribution < -0.4 is 4.90 Å². The molecular weight excluding hydrogens is 509 g/mol. The zero-order valence-electron chi connectivity index (χ0n) is 21.9. The minimum atomic E-state index is -0.759. The lowest BCUT2D eigenvalue weighted by atomic mass is 9.34. The van der Waals surface area contributed by atoms with Gasteiger partial charge in [-0.3, -0.25) is 14.4 Å². The van der Waals surface area contributed by atoms with E-state index in [1.807, 2.05) is 6.92 Å². The van der Waals surface area contributed by atoms with Crippen molar-refractivity contribution in [1.82, 2.24) is 0 Å². The van der Waals surface area contributed by atoms with Crippen molar-refractivity contribution in [3.63, 3.8) is 0 Å². The number of rotatable bonds is 3. The number of fused-ring (bicyclic) bond motifs is 1. The van der Waals surface area contributed by atoms with E-state index in [0.29, 0.717) is 22.2 Å². The fraction of sp³-hybridized carbons (Fsp3) is 0.633. The van der Waals surface area contributed by atoms with Gasteiger partial charge in [0.15, 0.2) is 0 Å². The smallest absolute Gasteiger partial charge is 0.309 e. The maximum atomic E-state index is 14.3. The van der Waals surface area contributed by atoms with Crippen molar-refractivity contribution >= 4 is 46.7 Å². The number of imide groups is 1. The highest BCUT2D eigenvalue weighted by Crippen LogP contribution is 2.74. The normalized spacial score (nSPS) is 42.4. The van der Waals surface area contributed by atoms with Gasteiger partial charge in [0.2, 0.25) is 11.8 Å². The van der Waals surface area contributed by atoms with Crippen molar-refractivity contribution in [2.75, 3.05) is 4.90 Å². The monoisotopic (exact) mass is 543 g/mol. The molecule has 0 aromatic heterocycles. The zero-order chi connectivity index (χ0) is 26.7. The largest absolute Gasteiger partial charge is 0.481 e. The molecule has 6 aliphatic rings. The van der Waals surface area contributed by atoms with E-state index in [1.165, 1.54) is 10.5 Å². The summed E-state index contributed by atoms with van der Waals surface area (Å²) in [4.78, 5) is 42.2. The lowest BCUT2D eigenvalue weighted by Gasteiger charge is -2.68. The Morgan fingerprint density at radius 1 is 1.08 bits per heavy atom. The summed E-state index contributed by atoms with van der Waals surface area (Å²) in [6.45, 7) is 8.57. The summed E-state index contributed by atoms with van der Waals surface area (Å²) in [6.07, 6.45) is 7.26. The van der Waals surface area contributed by atoms with Gasteiger partial charge in [0.25, 0.3) is 0 Å².